The summed E-state index contributed by atoms with van der Waals surface area (Å²) in [5.74, 6) is -0.747. The molecule has 2 rings (SSSR count). The van der Waals surface area contributed by atoms with E-state index < -0.39 is 5.82 Å². The maximum atomic E-state index is 13.1. The Hall–Kier alpha value is -2.67. The number of nitrogens with zero attached hydrogens (tertiary/aromatic N) is 2. The molecule has 4 heteroatoms. The summed E-state index contributed by atoms with van der Waals surface area (Å²) < 4.78 is 13.1. The maximum absolute atomic E-state index is 13.1. The number of anilines is 1. The first-order valence-corrected chi connectivity index (χ1v) is 5.65. The number of carbonyl (C=O) groups excluding carboxylic acids is 1. The standard InChI is InChI=1S/C15H11FN2O/c1-18(14-7-5-11(10-17)6-8-14)15(19)12-3-2-4-13(16)9-12/h2-9H,1H3. The van der Waals surface area contributed by atoms with Crippen molar-refractivity contribution in [2.45, 2.75) is 0 Å². The Morgan fingerprint density at radius 2 is 1.89 bits per heavy atom. The normalized spacial score (nSPS) is 9.74. The van der Waals surface area contributed by atoms with Crippen LogP contribution in [-0.2, 0) is 0 Å². The predicted octanol–water partition coefficient (Wildman–Crippen LogP) is 2.97. The zero-order valence-corrected chi connectivity index (χ0v) is 10.3. The third-order valence-corrected chi connectivity index (χ3v) is 2.76. The smallest absolute Gasteiger partial charge is 0.258 e. The molecule has 0 aliphatic rings. The second-order valence-electron chi connectivity index (χ2n) is 4.03. The fourth-order valence-electron chi connectivity index (χ4n) is 1.69. The lowest BCUT2D eigenvalue weighted by molar-refractivity contribution is 0.0992. The van der Waals surface area contributed by atoms with Crippen LogP contribution in [0.5, 0.6) is 0 Å². The van der Waals surface area contributed by atoms with Crippen LogP contribution in [0.15, 0.2) is 48.5 Å². The summed E-state index contributed by atoms with van der Waals surface area (Å²) in [5.41, 5.74) is 1.45. The summed E-state index contributed by atoms with van der Waals surface area (Å²) in [4.78, 5) is 13.6. The minimum atomic E-state index is -0.445. The third-order valence-electron chi connectivity index (χ3n) is 2.76. The molecule has 2 aromatic carbocycles. The molecule has 0 radical (unpaired) electrons. The van der Waals surface area contributed by atoms with Gasteiger partial charge in [-0.05, 0) is 42.5 Å². The molecular weight excluding hydrogens is 243 g/mol. The molecule has 0 saturated carbocycles. The van der Waals surface area contributed by atoms with E-state index in [0.29, 0.717) is 11.3 Å². The number of rotatable bonds is 2. The summed E-state index contributed by atoms with van der Waals surface area (Å²) in [6.45, 7) is 0. The van der Waals surface area contributed by atoms with E-state index in [1.165, 1.54) is 23.1 Å². The van der Waals surface area contributed by atoms with Gasteiger partial charge >= 0.3 is 0 Å². The van der Waals surface area contributed by atoms with Gasteiger partial charge in [0.1, 0.15) is 5.82 Å². The highest BCUT2D eigenvalue weighted by Gasteiger charge is 2.13. The summed E-state index contributed by atoms with van der Waals surface area (Å²) in [5, 5.41) is 8.71. The summed E-state index contributed by atoms with van der Waals surface area (Å²) in [6.07, 6.45) is 0. The van der Waals surface area contributed by atoms with E-state index in [2.05, 4.69) is 0 Å². The summed E-state index contributed by atoms with van der Waals surface area (Å²) in [7, 11) is 1.61. The minimum absolute atomic E-state index is 0.284. The Morgan fingerprint density at radius 1 is 1.21 bits per heavy atom. The molecule has 0 spiro atoms. The zero-order valence-electron chi connectivity index (χ0n) is 10.3. The molecule has 19 heavy (non-hydrogen) atoms. The molecule has 3 nitrogen and oxygen atoms in total. The van der Waals surface area contributed by atoms with Crippen molar-refractivity contribution in [3.05, 3.63) is 65.5 Å². The topological polar surface area (TPSA) is 44.1 Å². The van der Waals surface area contributed by atoms with Crippen LogP contribution in [0, 0.1) is 17.1 Å². The van der Waals surface area contributed by atoms with Crippen LogP contribution in [0.25, 0.3) is 0 Å². The van der Waals surface area contributed by atoms with E-state index in [1.807, 2.05) is 6.07 Å². The number of hydrogen-bond donors (Lipinski definition) is 0. The number of nitriles is 1. The molecule has 0 heterocycles. The molecule has 0 bridgehead atoms. The van der Waals surface area contributed by atoms with Gasteiger partial charge in [0.2, 0.25) is 0 Å². The van der Waals surface area contributed by atoms with Crippen LogP contribution in [0.1, 0.15) is 15.9 Å². The molecule has 0 saturated heterocycles. The van der Waals surface area contributed by atoms with Crippen LogP contribution in [0.3, 0.4) is 0 Å². The van der Waals surface area contributed by atoms with Crippen molar-refractivity contribution in [2.24, 2.45) is 0 Å². The van der Waals surface area contributed by atoms with E-state index in [0.717, 1.165) is 0 Å². The van der Waals surface area contributed by atoms with Crippen molar-refractivity contribution in [1.29, 1.82) is 5.26 Å². The van der Waals surface area contributed by atoms with Crippen molar-refractivity contribution < 1.29 is 9.18 Å². The molecule has 0 aromatic heterocycles. The number of halogens is 1. The van der Waals surface area contributed by atoms with Gasteiger partial charge in [0, 0.05) is 18.3 Å². The molecule has 94 valence electrons. The van der Waals surface area contributed by atoms with Gasteiger partial charge in [0.15, 0.2) is 0 Å². The fraction of sp³-hybridized carbons (Fsp3) is 0.0667. The highest BCUT2D eigenvalue weighted by atomic mass is 19.1. The largest absolute Gasteiger partial charge is 0.311 e. The number of carbonyl (C=O) groups is 1. The molecule has 0 aliphatic carbocycles. The molecule has 0 unspecified atom stereocenters. The average Bonchev–Trinajstić information content (AvgIpc) is 2.46. The second-order valence-corrected chi connectivity index (χ2v) is 4.03. The first-order valence-electron chi connectivity index (χ1n) is 5.65. The predicted molar refractivity (Wildman–Crippen MR) is 70.3 cm³/mol. The van der Waals surface area contributed by atoms with E-state index >= 15 is 0 Å². The van der Waals surface area contributed by atoms with Gasteiger partial charge in [0.25, 0.3) is 5.91 Å². The maximum Gasteiger partial charge on any atom is 0.258 e. The molecular formula is C15H11FN2O. The fourth-order valence-corrected chi connectivity index (χ4v) is 1.69. The van der Waals surface area contributed by atoms with Gasteiger partial charge in [-0.1, -0.05) is 6.07 Å². The zero-order chi connectivity index (χ0) is 13.8. The average molecular weight is 254 g/mol. The van der Waals surface area contributed by atoms with E-state index in [1.54, 1.807) is 37.4 Å². The molecule has 0 aliphatic heterocycles. The van der Waals surface area contributed by atoms with E-state index in [9.17, 15) is 9.18 Å². The van der Waals surface area contributed by atoms with Crippen LogP contribution >= 0.6 is 0 Å². The Morgan fingerprint density at radius 3 is 2.47 bits per heavy atom. The third kappa shape index (κ3) is 2.78. The van der Waals surface area contributed by atoms with Crippen molar-refractivity contribution in [2.75, 3.05) is 11.9 Å². The van der Waals surface area contributed by atoms with Crippen LogP contribution in [0.4, 0.5) is 10.1 Å². The number of hydrogen-bond acceptors (Lipinski definition) is 2. The second kappa shape index (κ2) is 5.32. The molecule has 0 N–H and O–H groups in total. The van der Waals surface area contributed by atoms with Gasteiger partial charge in [-0.25, -0.2) is 4.39 Å². The van der Waals surface area contributed by atoms with E-state index in [-0.39, 0.29) is 11.5 Å². The van der Waals surface area contributed by atoms with Gasteiger partial charge in [-0.3, -0.25) is 4.79 Å². The first kappa shape index (κ1) is 12.8. The lowest BCUT2D eigenvalue weighted by Gasteiger charge is -2.17. The van der Waals surface area contributed by atoms with Crippen molar-refractivity contribution in [3.8, 4) is 6.07 Å². The summed E-state index contributed by atoms with van der Waals surface area (Å²) in [6, 6.07) is 14.2. The SMILES string of the molecule is CN(C(=O)c1cccc(F)c1)c1ccc(C#N)cc1. The Kier molecular flexibility index (Phi) is 3.58. The van der Waals surface area contributed by atoms with Crippen molar-refractivity contribution in [1.82, 2.24) is 0 Å². The molecule has 0 fully saturated rings. The minimum Gasteiger partial charge on any atom is -0.311 e. The monoisotopic (exact) mass is 254 g/mol. The Balaban J connectivity index is 2.26. The van der Waals surface area contributed by atoms with Gasteiger partial charge in [-0.15, -0.1) is 0 Å². The van der Waals surface area contributed by atoms with Crippen LogP contribution in [-0.4, -0.2) is 13.0 Å². The van der Waals surface area contributed by atoms with Gasteiger partial charge in [0.05, 0.1) is 11.6 Å². The quantitative estimate of drug-likeness (QED) is 0.827. The highest BCUT2D eigenvalue weighted by molar-refractivity contribution is 6.05. The van der Waals surface area contributed by atoms with Crippen molar-refractivity contribution in [3.63, 3.8) is 0 Å². The summed E-state index contributed by atoms with van der Waals surface area (Å²) >= 11 is 0. The molecule has 0 atom stereocenters. The number of benzene rings is 2. The lowest BCUT2D eigenvalue weighted by Crippen LogP contribution is -2.26. The van der Waals surface area contributed by atoms with Gasteiger partial charge < -0.3 is 4.90 Å². The molecule has 1 amide bonds. The Labute approximate surface area is 110 Å². The Bertz CT molecular complexity index is 644. The molecule has 2 aromatic rings. The highest BCUT2D eigenvalue weighted by Crippen LogP contribution is 2.16. The first-order chi connectivity index (χ1) is 9.11. The van der Waals surface area contributed by atoms with Crippen molar-refractivity contribution >= 4 is 11.6 Å². The van der Waals surface area contributed by atoms with Crippen LogP contribution < -0.4 is 4.90 Å². The van der Waals surface area contributed by atoms with E-state index in [4.69, 9.17) is 5.26 Å². The lowest BCUT2D eigenvalue weighted by atomic mass is 10.1. The van der Waals surface area contributed by atoms with Crippen LogP contribution in [0.2, 0.25) is 0 Å². The van der Waals surface area contributed by atoms with Gasteiger partial charge in [-0.2, -0.15) is 5.26 Å². The number of amides is 1.